The largest absolute Gasteiger partial charge is 0.348 e. The second-order valence-electron chi connectivity index (χ2n) is 7.32. The number of aryl methyl sites for hydroxylation is 1. The molecule has 0 saturated heterocycles. The summed E-state index contributed by atoms with van der Waals surface area (Å²) in [6.07, 6.45) is 0. The summed E-state index contributed by atoms with van der Waals surface area (Å²) in [5.41, 5.74) is 5.19. The molecule has 0 spiro atoms. The first-order valence-corrected chi connectivity index (χ1v) is 10.8. The van der Waals surface area contributed by atoms with Crippen LogP contribution in [0.5, 0.6) is 0 Å². The van der Waals surface area contributed by atoms with Gasteiger partial charge in [0.05, 0.1) is 11.3 Å². The molecule has 2 amide bonds. The Bertz CT molecular complexity index is 1030. The van der Waals surface area contributed by atoms with Crippen molar-refractivity contribution in [2.24, 2.45) is 0 Å². The van der Waals surface area contributed by atoms with E-state index in [1.54, 1.807) is 25.1 Å². The van der Waals surface area contributed by atoms with Crippen molar-refractivity contribution in [3.8, 4) is 11.1 Å². The van der Waals surface area contributed by atoms with Crippen LogP contribution in [-0.4, -0.2) is 36.6 Å². The maximum absolute atomic E-state index is 12.7. The van der Waals surface area contributed by atoms with Gasteiger partial charge >= 0.3 is 0 Å². The zero-order chi connectivity index (χ0) is 21.5. The van der Waals surface area contributed by atoms with Gasteiger partial charge in [-0.1, -0.05) is 66.2 Å². The van der Waals surface area contributed by atoms with Gasteiger partial charge in [-0.2, -0.15) is 0 Å². The van der Waals surface area contributed by atoms with Crippen LogP contribution in [0.25, 0.3) is 11.1 Å². The third kappa shape index (κ3) is 5.74. The summed E-state index contributed by atoms with van der Waals surface area (Å²) < 4.78 is 0. The van der Waals surface area contributed by atoms with Gasteiger partial charge in [0.2, 0.25) is 5.91 Å². The highest BCUT2D eigenvalue weighted by atomic mass is 32.2. The summed E-state index contributed by atoms with van der Waals surface area (Å²) >= 11 is 1.38. The molecule has 0 aliphatic heterocycles. The SMILES string of the molecule is Cc1cccc(-c2ccc(CNC(=O)c3ccccc3SCC(=O)N(C)C)cc2)c1. The van der Waals surface area contributed by atoms with Gasteiger partial charge < -0.3 is 10.2 Å². The second kappa shape index (κ2) is 10.1. The number of nitrogens with zero attached hydrogens (tertiary/aromatic N) is 1. The van der Waals surface area contributed by atoms with Gasteiger partial charge in [-0.15, -0.1) is 11.8 Å². The fourth-order valence-electron chi connectivity index (χ4n) is 2.97. The highest BCUT2D eigenvalue weighted by Crippen LogP contribution is 2.23. The minimum absolute atomic E-state index is 0.0175. The van der Waals surface area contributed by atoms with Crippen LogP contribution in [0.2, 0.25) is 0 Å². The van der Waals surface area contributed by atoms with E-state index in [4.69, 9.17) is 0 Å². The first-order chi connectivity index (χ1) is 14.4. The molecule has 0 aromatic heterocycles. The van der Waals surface area contributed by atoms with Gasteiger partial charge in [0.25, 0.3) is 5.91 Å². The third-order valence-electron chi connectivity index (χ3n) is 4.74. The molecule has 0 saturated carbocycles. The molecule has 3 rings (SSSR count). The molecule has 3 aromatic carbocycles. The van der Waals surface area contributed by atoms with E-state index in [2.05, 4.69) is 48.6 Å². The quantitative estimate of drug-likeness (QED) is 0.562. The van der Waals surface area contributed by atoms with Gasteiger partial charge in [0.1, 0.15) is 0 Å². The predicted molar refractivity (Wildman–Crippen MR) is 124 cm³/mol. The molecule has 3 aromatic rings. The number of thioether (sulfide) groups is 1. The Morgan fingerprint density at radius 1 is 0.900 bits per heavy atom. The number of hydrogen-bond acceptors (Lipinski definition) is 3. The number of hydrogen-bond donors (Lipinski definition) is 1. The maximum atomic E-state index is 12.7. The summed E-state index contributed by atoms with van der Waals surface area (Å²) in [6.45, 7) is 2.53. The van der Waals surface area contributed by atoms with Crippen LogP contribution in [0.15, 0.2) is 77.7 Å². The lowest BCUT2D eigenvalue weighted by Gasteiger charge is -2.12. The molecule has 30 heavy (non-hydrogen) atoms. The highest BCUT2D eigenvalue weighted by Gasteiger charge is 2.13. The Hall–Kier alpha value is -3.05. The Morgan fingerprint density at radius 2 is 1.63 bits per heavy atom. The lowest BCUT2D eigenvalue weighted by molar-refractivity contribution is -0.125. The number of carbonyl (C=O) groups excluding carboxylic acids is 2. The molecular weight excluding hydrogens is 392 g/mol. The Balaban J connectivity index is 1.62. The second-order valence-corrected chi connectivity index (χ2v) is 8.34. The number of carbonyl (C=O) groups is 2. The molecule has 0 aliphatic carbocycles. The Kier molecular flexibility index (Phi) is 7.31. The van der Waals surface area contributed by atoms with Gasteiger partial charge in [0, 0.05) is 25.5 Å². The number of amides is 2. The lowest BCUT2D eigenvalue weighted by atomic mass is 10.0. The fraction of sp³-hybridized carbons (Fsp3) is 0.200. The average Bonchev–Trinajstić information content (AvgIpc) is 2.76. The van der Waals surface area contributed by atoms with Crippen LogP contribution in [0, 0.1) is 6.92 Å². The molecule has 5 heteroatoms. The van der Waals surface area contributed by atoms with Crippen molar-refractivity contribution in [1.29, 1.82) is 0 Å². The highest BCUT2D eigenvalue weighted by molar-refractivity contribution is 8.00. The zero-order valence-corrected chi connectivity index (χ0v) is 18.3. The van der Waals surface area contributed by atoms with E-state index in [0.29, 0.717) is 17.9 Å². The van der Waals surface area contributed by atoms with Gasteiger partial charge in [-0.3, -0.25) is 9.59 Å². The van der Waals surface area contributed by atoms with Crippen molar-refractivity contribution in [2.45, 2.75) is 18.4 Å². The normalized spacial score (nSPS) is 10.5. The van der Waals surface area contributed by atoms with Crippen molar-refractivity contribution in [3.63, 3.8) is 0 Å². The molecule has 0 bridgehead atoms. The Morgan fingerprint density at radius 3 is 2.33 bits per heavy atom. The Labute approximate surface area is 182 Å². The fourth-order valence-corrected chi connectivity index (χ4v) is 3.99. The standard InChI is InChI=1S/C25H26N2O2S/c1-18-7-6-8-21(15-18)20-13-11-19(12-14-20)16-26-25(29)22-9-4-5-10-23(22)30-17-24(28)27(2)3/h4-15H,16-17H2,1-3H3,(H,26,29). The van der Waals surface area contributed by atoms with Crippen LogP contribution in [0.1, 0.15) is 21.5 Å². The van der Waals surface area contributed by atoms with Gasteiger partial charge in [-0.25, -0.2) is 0 Å². The van der Waals surface area contributed by atoms with Gasteiger partial charge in [-0.05, 0) is 35.7 Å². The first kappa shape index (κ1) is 21.7. The van der Waals surface area contributed by atoms with Crippen molar-refractivity contribution >= 4 is 23.6 Å². The number of rotatable bonds is 7. The molecule has 0 atom stereocenters. The minimum atomic E-state index is -0.141. The van der Waals surface area contributed by atoms with Crippen LogP contribution >= 0.6 is 11.8 Å². The van der Waals surface area contributed by atoms with Crippen molar-refractivity contribution in [3.05, 3.63) is 89.5 Å². The van der Waals surface area contributed by atoms with Crippen LogP contribution in [0.3, 0.4) is 0 Å². The zero-order valence-electron chi connectivity index (χ0n) is 17.5. The molecule has 0 unspecified atom stereocenters. The van der Waals surface area contributed by atoms with Crippen molar-refractivity contribution < 1.29 is 9.59 Å². The summed E-state index contributed by atoms with van der Waals surface area (Å²) in [4.78, 5) is 26.9. The molecule has 4 nitrogen and oxygen atoms in total. The summed E-state index contributed by atoms with van der Waals surface area (Å²) in [5, 5.41) is 2.99. The van der Waals surface area contributed by atoms with Crippen LogP contribution in [-0.2, 0) is 11.3 Å². The van der Waals surface area contributed by atoms with E-state index in [9.17, 15) is 9.59 Å². The molecule has 154 valence electrons. The van der Waals surface area contributed by atoms with Crippen LogP contribution in [0.4, 0.5) is 0 Å². The smallest absolute Gasteiger partial charge is 0.252 e. The molecule has 0 fully saturated rings. The van der Waals surface area contributed by atoms with Crippen molar-refractivity contribution in [2.75, 3.05) is 19.8 Å². The van der Waals surface area contributed by atoms with Crippen molar-refractivity contribution in [1.82, 2.24) is 10.2 Å². The average molecular weight is 419 g/mol. The number of nitrogens with one attached hydrogen (secondary N) is 1. The summed E-state index contributed by atoms with van der Waals surface area (Å²) in [5.74, 6) is 0.180. The van der Waals surface area contributed by atoms with Gasteiger partial charge in [0.15, 0.2) is 0 Å². The van der Waals surface area contributed by atoms with E-state index in [1.807, 2.05) is 30.3 Å². The first-order valence-electron chi connectivity index (χ1n) is 9.80. The molecule has 0 radical (unpaired) electrons. The summed E-state index contributed by atoms with van der Waals surface area (Å²) in [6, 6.07) is 24.0. The van der Waals surface area contributed by atoms with E-state index < -0.39 is 0 Å². The number of benzene rings is 3. The van der Waals surface area contributed by atoms with E-state index in [1.165, 1.54) is 22.9 Å². The minimum Gasteiger partial charge on any atom is -0.348 e. The predicted octanol–water partition coefficient (Wildman–Crippen LogP) is 4.77. The monoisotopic (exact) mass is 418 g/mol. The molecular formula is C25H26N2O2S. The van der Waals surface area contributed by atoms with Crippen LogP contribution < -0.4 is 5.32 Å². The summed E-state index contributed by atoms with van der Waals surface area (Å²) in [7, 11) is 3.46. The van der Waals surface area contributed by atoms with E-state index in [0.717, 1.165) is 16.0 Å². The van der Waals surface area contributed by atoms with E-state index >= 15 is 0 Å². The maximum Gasteiger partial charge on any atom is 0.252 e. The molecule has 0 heterocycles. The molecule has 1 N–H and O–H groups in total. The third-order valence-corrected chi connectivity index (χ3v) is 5.80. The molecule has 0 aliphatic rings. The van der Waals surface area contributed by atoms with E-state index in [-0.39, 0.29) is 11.8 Å². The topological polar surface area (TPSA) is 49.4 Å². The lowest BCUT2D eigenvalue weighted by Crippen LogP contribution is -2.25.